The SMILES string of the molecule is C=Cc1cc(-c2cc(C#N)c(N3CCN(C(=O)CCOC)C(C)C3)nc2C2CC2)c2ccncc2n1. The smallest absolute Gasteiger partial charge is 0.225 e. The van der Waals surface area contributed by atoms with E-state index in [9.17, 15) is 10.1 Å². The molecule has 3 aromatic heterocycles. The van der Waals surface area contributed by atoms with Crippen molar-refractivity contribution >= 4 is 28.7 Å². The van der Waals surface area contributed by atoms with E-state index in [-0.39, 0.29) is 11.9 Å². The molecule has 1 amide bonds. The van der Waals surface area contributed by atoms with E-state index in [0.717, 1.165) is 46.3 Å². The van der Waals surface area contributed by atoms with Crippen LogP contribution in [0.25, 0.3) is 28.1 Å². The number of carbonyl (C=O) groups excluding carboxylic acids is 1. The molecule has 0 aromatic carbocycles. The van der Waals surface area contributed by atoms with Crippen LogP contribution in [0.2, 0.25) is 0 Å². The van der Waals surface area contributed by atoms with Gasteiger partial charge in [0.25, 0.3) is 0 Å². The van der Waals surface area contributed by atoms with Crippen molar-refractivity contribution in [3.05, 3.63) is 54.1 Å². The van der Waals surface area contributed by atoms with Crippen LogP contribution in [-0.4, -0.2) is 65.2 Å². The lowest BCUT2D eigenvalue weighted by atomic mass is 9.95. The second-order valence-corrected chi connectivity index (χ2v) is 9.50. The first-order valence-corrected chi connectivity index (χ1v) is 12.4. The first-order chi connectivity index (χ1) is 17.5. The molecule has 8 nitrogen and oxygen atoms in total. The number of hydrogen-bond donors (Lipinski definition) is 0. The van der Waals surface area contributed by atoms with Gasteiger partial charge in [-0.2, -0.15) is 5.26 Å². The molecule has 1 atom stereocenters. The lowest BCUT2D eigenvalue weighted by Crippen LogP contribution is -2.54. The summed E-state index contributed by atoms with van der Waals surface area (Å²) >= 11 is 0. The number of hydrogen-bond acceptors (Lipinski definition) is 7. The van der Waals surface area contributed by atoms with Gasteiger partial charge >= 0.3 is 0 Å². The number of amides is 1. The van der Waals surface area contributed by atoms with Gasteiger partial charge in [0.15, 0.2) is 0 Å². The second-order valence-electron chi connectivity index (χ2n) is 9.50. The first kappa shape index (κ1) is 23.9. The third-order valence-electron chi connectivity index (χ3n) is 7.02. The molecule has 0 radical (unpaired) electrons. The summed E-state index contributed by atoms with van der Waals surface area (Å²) in [5.74, 6) is 1.18. The maximum atomic E-state index is 12.6. The van der Waals surface area contributed by atoms with Crippen molar-refractivity contribution in [1.82, 2.24) is 19.9 Å². The predicted molar refractivity (Wildman–Crippen MR) is 139 cm³/mol. The minimum atomic E-state index is 0.0206. The minimum Gasteiger partial charge on any atom is -0.384 e. The third-order valence-corrected chi connectivity index (χ3v) is 7.02. The highest BCUT2D eigenvalue weighted by molar-refractivity contribution is 5.96. The van der Waals surface area contributed by atoms with Crippen LogP contribution >= 0.6 is 0 Å². The average Bonchev–Trinajstić information content (AvgIpc) is 3.75. The number of carbonyl (C=O) groups is 1. The number of ether oxygens (including phenoxy) is 1. The van der Waals surface area contributed by atoms with E-state index >= 15 is 0 Å². The first-order valence-electron chi connectivity index (χ1n) is 12.4. The van der Waals surface area contributed by atoms with Crippen molar-refractivity contribution in [2.24, 2.45) is 0 Å². The van der Waals surface area contributed by atoms with E-state index in [4.69, 9.17) is 9.72 Å². The molecule has 0 bridgehead atoms. The van der Waals surface area contributed by atoms with Crippen molar-refractivity contribution in [3.63, 3.8) is 0 Å². The normalized spacial score (nSPS) is 17.8. The Hall–Kier alpha value is -3.83. The van der Waals surface area contributed by atoms with E-state index in [0.29, 0.717) is 50.0 Å². The maximum absolute atomic E-state index is 12.6. The van der Waals surface area contributed by atoms with E-state index in [1.165, 1.54) is 0 Å². The zero-order valence-corrected chi connectivity index (χ0v) is 20.8. The van der Waals surface area contributed by atoms with E-state index in [2.05, 4.69) is 27.5 Å². The molecule has 3 aromatic rings. The Balaban J connectivity index is 1.54. The second kappa shape index (κ2) is 10.0. The van der Waals surface area contributed by atoms with Gasteiger partial charge < -0.3 is 14.5 Å². The molecule has 36 heavy (non-hydrogen) atoms. The number of fused-ring (bicyclic) bond motifs is 1. The molecule has 1 unspecified atom stereocenters. The van der Waals surface area contributed by atoms with Crippen LogP contribution in [0.5, 0.6) is 0 Å². The van der Waals surface area contributed by atoms with Crippen LogP contribution in [0.3, 0.4) is 0 Å². The van der Waals surface area contributed by atoms with Gasteiger partial charge in [0, 0.05) is 55.9 Å². The van der Waals surface area contributed by atoms with Crippen LogP contribution in [0.4, 0.5) is 5.82 Å². The molecule has 5 rings (SSSR count). The molecule has 1 saturated carbocycles. The summed E-state index contributed by atoms with van der Waals surface area (Å²) < 4.78 is 5.07. The molecule has 8 heteroatoms. The highest BCUT2D eigenvalue weighted by Crippen LogP contribution is 2.46. The van der Waals surface area contributed by atoms with Crippen molar-refractivity contribution in [3.8, 4) is 17.2 Å². The third kappa shape index (κ3) is 4.54. The Morgan fingerprint density at radius 2 is 2.11 bits per heavy atom. The molecule has 2 aliphatic rings. The fourth-order valence-electron chi connectivity index (χ4n) is 5.01. The summed E-state index contributed by atoms with van der Waals surface area (Å²) in [5.41, 5.74) is 5.09. The monoisotopic (exact) mass is 482 g/mol. The minimum absolute atomic E-state index is 0.0206. The molecule has 184 valence electrons. The van der Waals surface area contributed by atoms with Gasteiger partial charge in [0.2, 0.25) is 5.91 Å². The standard InChI is InChI=1S/C28H30N6O2/c1-4-21-14-23(22-7-9-30-16-25(22)31-21)24-13-20(15-29)28(32-27(24)19-5-6-19)33-10-11-34(18(2)17-33)26(35)8-12-36-3/h4,7,9,13-14,16,18-19H,1,5-6,8,10-12,17H2,2-3H3. The molecular weight excluding hydrogens is 452 g/mol. The Morgan fingerprint density at radius 3 is 2.81 bits per heavy atom. The Morgan fingerprint density at radius 1 is 1.28 bits per heavy atom. The number of nitriles is 1. The van der Waals surface area contributed by atoms with Gasteiger partial charge in [-0.05, 0) is 49.6 Å². The number of pyridine rings is 3. The summed E-state index contributed by atoms with van der Waals surface area (Å²) in [6.45, 7) is 8.24. The van der Waals surface area contributed by atoms with Crippen molar-refractivity contribution in [2.75, 3.05) is 38.3 Å². The largest absolute Gasteiger partial charge is 0.384 e. The predicted octanol–water partition coefficient (Wildman–Crippen LogP) is 4.16. The van der Waals surface area contributed by atoms with E-state index < -0.39 is 0 Å². The Kier molecular flexibility index (Phi) is 6.66. The summed E-state index contributed by atoms with van der Waals surface area (Å²) in [7, 11) is 1.61. The summed E-state index contributed by atoms with van der Waals surface area (Å²) in [5, 5.41) is 11.1. The molecule has 2 fully saturated rings. The van der Waals surface area contributed by atoms with Gasteiger partial charge in [-0.25, -0.2) is 9.97 Å². The van der Waals surface area contributed by atoms with Crippen LogP contribution in [-0.2, 0) is 9.53 Å². The van der Waals surface area contributed by atoms with Crippen molar-refractivity contribution in [2.45, 2.75) is 38.1 Å². The van der Waals surface area contributed by atoms with E-state index in [1.807, 2.05) is 30.0 Å². The number of piperazine rings is 1. The number of methoxy groups -OCH3 is 1. The van der Waals surface area contributed by atoms with Crippen LogP contribution in [0.1, 0.15) is 49.1 Å². The van der Waals surface area contributed by atoms with Gasteiger partial charge in [-0.1, -0.05) is 6.58 Å². The van der Waals surface area contributed by atoms with E-state index in [1.54, 1.807) is 25.6 Å². The maximum Gasteiger partial charge on any atom is 0.225 e. The average molecular weight is 483 g/mol. The molecule has 0 spiro atoms. The summed E-state index contributed by atoms with van der Waals surface area (Å²) in [6, 6.07) is 8.38. The Labute approximate surface area is 211 Å². The Bertz CT molecular complexity index is 1360. The van der Waals surface area contributed by atoms with Gasteiger partial charge in [0.1, 0.15) is 11.9 Å². The highest BCUT2D eigenvalue weighted by atomic mass is 16.5. The van der Waals surface area contributed by atoms with Crippen LogP contribution in [0.15, 0.2) is 37.2 Å². The topological polar surface area (TPSA) is 95.2 Å². The van der Waals surface area contributed by atoms with Crippen molar-refractivity contribution < 1.29 is 9.53 Å². The fraction of sp³-hybridized carbons (Fsp3) is 0.393. The number of anilines is 1. The molecule has 1 saturated heterocycles. The molecular formula is C28H30N6O2. The molecule has 1 aliphatic heterocycles. The summed E-state index contributed by atoms with van der Waals surface area (Å²) in [6.07, 6.45) is 7.80. The molecule has 4 heterocycles. The quantitative estimate of drug-likeness (QED) is 0.499. The number of rotatable bonds is 7. The summed E-state index contributed by atoms with van der Waals surface area (Å²) in [4.78, 5) is 30.7. The van der Waals surface area contributed by atoms with Gasteiger partial charge in [-0.15, -0.1) is 0 Å². The number of aromatic nitrogens is 3. The van der Waals surface area contributed by atoms with Gasteiger partial charge in [0.05, 0.1) is 41.7 Å². The van der Waals surface area contributed by atoms with Crippen LogP contribution < -0.4 is 4.90 Å². The zero-order valence-electron chi connectivity index (χ0n) is 20.8. The lowest BCUT2D eigenvalue weighted by Gasteiger charge is -2.41. The van der Waals surface area contributed by atoms with Gasteiger partial charge in [-0.3, -0.25) is 9.78 Å². The lowest BCUT2D eigenvalue weighted by molar-refractivity contribution is -0.134. The fourth-order valence-corrected chi connectivity index (χ4v) is 5.01. The molecule has 1 aliphatic carbocycles. The van der Waals surface area contributed by atoms with Crippen molar-refractivity contribution in [1.29, 1.82) is 5.26 Å². The van der Waals surface area contributed by atoms with Crippen LogP contribution in [0, 0.1) is 11.3 Å². The number of nitrogens with zero attached hydrogens (tertiary/aromatic N) is 6. The highest BCUT2D eigenvalue weighted by Gasteiger charge is 2.33. The molecule has 0 N–H and O–H groups in total. The zero-order chi connectivity index (χ0) is 25.2.